The van der Waals surface area contributed by atoms with Crippen molar-refractivity contribution >= 4 is 16.9 Å². The molecule has 0 atom stereocenters. The Morgan fingerprint density at radius 2 is 1.73 bits per heavy atom. The van der Waals surface area contributed by atoms with E-state index in [1.165, 1.54) is 39.5 Å². The molecule has 0 saturated carbocycles. The summed E-state index contributed by atoms with van der Waals surface area (Å²) in [5.41, 5.74) is 1.37. The minimum atomic E-state index is -1.13. The summed E-state index contributed by atoms with van der Waals surface area (Å²) in [6, 6.07) is 9.46. The second kappa shape index (κ2) is 6.79. The topological polar surface area (TPSA) is 98.1 Å². The number of aromatic carboxylic acids is 1. The van der Waals surface area contributed by atoms with Crippen molar-refractivity contribution in [2.24, 2.45) is 0 Å². The van der Waals surface area contributed by atoms with Gasteiger partial charge in [0.1, 0.15) is 5.75 Å². The van der Waals surface area contributed by atoms with Gasteiger partial charge in [-0.25, -0.2) is 9.78 Å². The fourth-order valence-corrected chi connectivity index (χ4v) is 2.84. The number of fused-ring (bicyclic) bond motifs is 1. The Morgan fingerprint density at radius 3 is 2.31 bits per heavy atom. The summed E-state index contributed by atoms with van der Waals surface area (Å²) in [6.07, 6.45) is 0. The molecule has 0 bridgehead atoms. The van der Waals surface area contributed by atoms with Crippen molar-refractivity contribution in [1.29, 1.82) is 0 Å². The van der Waals surface area contributed by atoms with Gasteiger partial charge in [-0.2, -0.15) is 0 Å². The van der Waals surface area contributed by atoms with Crippen LogP contribution in [0.25, 0.3) is 22.2 Å². The summed E-state index contributed by atoms with van der Waals surface area (Å²) >= 11 is 0. The number of benzene rings is 2. The van der Waals surface area contributed by atoms with Gasteiger partial charge in [0.15, 0.2) is 11.5 Å². The van der Waals surface area contributed by atoms with Gasteiger partial charge in [0, 0.05) is 11.6 Å². The fraction of sp³-hybridized carbons (Fsp3) is 0.158. The molecule has 0 spiro atoms. The number of carboxylic acids is 1. The van der Waals surface area contributed by atoms with Crippen LogP contribution in [0.15, 0.2) is 36.4 Å². The molecule has 0 saturated heterocycles. The Hall–Kier alpha value is -3.48. The maximum atomic E-state index is 11.9. The molecule has 0 fully saturated rings. The largest absolute Gasteiger partial charge is 0.508 e. The van der Waals surface area contributed by atoms with Gasteiger partial charge in [0.25, 0.3) is 0 Å². The highest BCUT2D eigenvalue weighted by Crippen LogP contribution is 2.44. The summed E-state index contributed by atoms with van der Waals surface area (Å²) in [6.45, 7) is 0. The number of carboxylic acid groups (broad SMARTS) is 1. The third-order valence-corrected chi connectivity index (χ3v) is 3.97. The summed E-state index contributed by atoms with van der Waals surface area (Å²) in [5.74, 6) is -0.185. The van der Waals surface area contributed by atoms with Crippen LogP contribution in [0.4, 0.5) is 0 Å². The normalized spacial score (nSPS) is 10.6. The molecule has 0 aliphatic heterocycles. The SMILES string of the molecule is COc1cc2nc(-c3cccc(O)c3)cc(C(=O)O)c2c(OC)c1OC. The summed E-state index contributed by atoms with van der Waals surface area (Å²) in [5, 5.41) is 19.7. The molecule has 3 aromatic rings. The molecule has 134 valence electrons. The van der Waals surface area contributed by atoms with Crippen LogP contribution in [0.3, 0.4) is 0 Å². The van der Waals surface area contributed by atoms with E-state index in [1.807, 2.05) is 0 Å². The number of nitrogens with zero attached hydrogens (tertiary/aromatic N) is 1. The van der Waals surface area contributed by atoms with Crippen LogP contribution in [0.1, 0.15) is 10.4 Å². The lowest BCUT2D eigenvalue weighted by Gasteiger charge is -2.16. The highest BCUT2D eigenvalue weighted by Gasteiger charge is 2.23. The van der Waals surface area contributed by atoms with E-state index in [2.05, 4.69) is 4.98 Å². The van der Waals surface area contributed by atoms with Crippen LogP contribution in [-0.4, -0.2) is 42.5 Å². The molecular weight excluding hydrogens is 338 g/mol. The van der Waals surface area contributed by atoms with Crippen molar-refractivity contribution in [2.75, 3.05) is 21.3 Å². The number of hydrogen-bond donors (Lipinski definition) is 2. The maximum absolute atomic E-state index is 11.9. The lowest BCUT2D eigenvalue weighted by Crippen LogP contribution is -2.04. The van der Waals surface area contributed by atoms with Gasteiger partial charge in [-0.1, -0.05) is 12.1 Å². The summed E-state index contributed by atoms with van der Waals surface area (Å²) < 4.78 is 16.0. The van der Waals surface area contributed by atoms with Gasteiger partial charge < -0.3 is 24.4 Å². The monoisotopic (exact) mass is 355 g/mol. The van der Waals surface area contributed by atoms with Crippen molar-refractivity contribution in [2.45, 2.75) is 0 Å². The van der Waals surface area contributed by atoms with Crippen molar-refractivity contribution in [3.05, 3.63) is 42.0 Å². The zero-order valence-corrected chi connectivity index (χ0v) is 14.4. The molecule has 0 amide bonds. The first-order valence-electron chi connectivity index (χ1n) is 7.66. The second-order valence-electron chi connectivity index (χ2n) is 5.45. The number of aromatic nitrogens is 1. The van der Waals surface area contributed by atoms with Crippen LogP contribution >= 0.6 is 0 Å². The van der Waals surface area contributed by atoms with E-state index < -0.39 is 5.97 Å². The Kier molecular flexibility index (Phi) is 4.53. The number of phenols is 1. The number of carbonyl (C=O) groups is 1. The smallest absolute Gasteiger partial charge is 0.336 e. The molecule has 2 aromatic carbocycles. The minimum Gasteiger partial charge on any atom is -0.508 e. The van der Waals surface area contributed by atoms with Gasteiger partial charge >= 0.3 is 5.97 Å². The van der Waals surface area contributed by atoms with E-state index in [-0.39, 0.29) is 22.8 Å². The molecule has 0 aliphatic rings. The van der Waals surface area contributed by atoms with Gasteiger partial charge in [0.05, 0.1) is 43.5 Å². The number of ether oxygens (including phenoxy) is 3. The van der Waals surface area contributed by atoms with E-state index >= 15 is 0 Å². The standard InChI is InChI=1S/C19H17NO6/c1-24-15-9-14-16(18(26-3)17(15)25-2)12(19(22)23)8-13(20-14)10-5-4-6-11(21)7-10/h4-9,21H,1-3H3,(H,22,23). The number of hydrogen-bond acceptors (Lipinski definition) is 6. The fourth-order valence-electron chi connectivity index (χ4n) is 2.84. The maximum Gasteiger partial charge on any atom is 0.336 e. The molecule has 3 rings (SSSR count). The Bertz CT molecular complexity index is 999. The van der Waals surface area contributed by atoms with Crippen LogP contribution in [0, 0.1) is 0 Å². The van der Waals surface area contributed by atoms with Gasteiger partial charge in [0.2, 0.25) is 5.75 Å². The molecule has 1 aromatic heterocycles. The van der Waals surface area contributed by atoms with Gasteiger partial charge in [-0.15, -0.1) is 0 Å². The zero-order valence-electron chi connectivity index (χ0n) is 14.4. The van der Waals surface area contributed by atoms with Crippen molar-refractivity contribution in [3.8, 4) is 34.3 Å². The molecule has 0 aliphatic carbocycles. The third kappa shape index (κ3) is 2.83. The first-order chi connectivity index (χ1) is 12.5. The predicted octanol–water partition coefficient (Wildman–Crippen LogP) is 3.33. The first kappa shape index (κ1) is 17.3. The zero-order chi connectivity index (χ0) is 18.8. The number of pyridine rings is 1. The molecule has 7 heteroatoms. The van der Waals surface area contributed by atoms with Crippen LogP contribution in [0.5, 0.6) is 23.0 Å². The first-order valence-corrected chi connectivity index (χ1v) is 7.66. The third-order valence-electron chi connectivity index (χ3n) is 3.97. The lowest BCUT2D eigenvalue weighted by atomic mass is 10.0. The van der Waals surface area contributed by atoms with Crippen LogP contribution in [-0.2, 0) is 0 Å². The summed E-state index contributed by atoms with van der Waals surface area (Å²) in [4.78, 5) is 16.4. The molecule has 26 heavy (non-hydrogen) atoms. The second-order valence-corrected chi connectivity index (χ2v) is 5.45. The number of aromatic hydroxyl groups is 1. The van der Waals surface area contributed by atoms with Crippen LogP contribution in [0.2, 0.25) is 0 Å². The molecular formula is C19H17NO6. The minimum absolute atomic E-state index is 0.00569. The van der Waals surface area contributed by atoms with Crippen molar-refractivity contribution in [1.82, 2.24) is 4.98 Å². The highest BCUT2D eigenvalue weighted by atomic mass is 16.5. The molecule has 7 nitrogen and oxygen atoms in total. The Labute approximate surface area is 149 Å². The van der Waals surface area contributed by atoms with Gasteiger partial charge in [-0.05, 0) is 18.2 Å². The lowest BCUT2D eigenvalue weighted by molar-refractivity contribution is 0.0698. The highest BCUT2D eigenvalue weighted by molar-refractivity contribution is 6.08. The van der Waals surface area contributed by atoms with Crippen molar-refractivity contribution in [3.63, 3.8) is 0 Å². The molecule has 0 radical (unpaired) electrons. The predicted molar refractivity (Wildman–Crippen MR) is 95.5 cm³/mol. The van der Waals surface area contributed by atoms with E-state index in [9.17, 15) is 15.0 Å². The van der Waals surface area contributed by atoms with E-state index in [0.717, 1.165) is 0 Å². The molecule has 0 unspecified atom stereocenters. The number of methoxy groups -OCH3 is 3. The average Bonchev–Trinajstić information content (AvgIpc) is 2.65. The van der Waals surface area contributed by atoms with Gasteiger partial charge in [-0.3, -0.25) is 0 Å². The summed E-state index contributed by atoms with van der Waals surface area (Å²) in [7, 11) is 4.34. The van der Waals surface area contributed by atoms with E-state index in [1.54, 1.807) is 18.2 Å². The van der Waals surface area contributed by atoms with E-state index in [0.29, 0.717) is 27.9 Å². The van der Waals surface area contributed by atoms with Crippen molar-refractivity contribution < 1.29 is 29.2 Å². The Morgan fingerprint density at radius 1 is 1.00 bits per heavy atom. The average molecular weight is 355 g/mol. The quantitative estimate of drug-likeness (QED) is 0.724. The van der Waals surface area contributed by atoms with E-state index in [4.69, 9.17) is 14.2 Å². The molecule has 1 heterocycles. The number of phenolic OH excluding ortho intramolecular Hbond substituents is 1. The van der Waals surface area contributed by atoms with Crippen LogP contribution < -0.4 is 14.2 Å². The molecule has 2 N–H and O–H groups in total. The Balaban J connectivity index is 2.42. The number of rotatable bonds is 5.